The van der Waals surface area contributed by atoms with E-state index in [2.05, 4.69) is 22.0 Å². The number of pyridine rings is 1. The van der Waals surface area contributed by atoms with E-state index in [1.807, 2.05) is 4.40 Å². The van der Waals surface area contributed by atoms with Crippen molar-refractivity contribution >= 4 is 11.6 Å². The Labute approximate surface area is 117 Å². The van der Waals surface area contributed by atoms with E-state index in [-0.39, 0.29) is 11.6 Å². The van der Waals surface area contributed by atoms with Crippen molar-refractivity contribution in [3.8, 4) is 0 Å². The number of nitrogens with zero attached hydrogens (tertiary/aromatic N) is 4. The van der Waals surface area contributed by atoms with Crippen molar-refractivity contribution in [1.82, 2.24) is 19.5 Å². The summed E-state index contributed by atoms with van der Waals surface area (Å²) in [5.74, 6) is -0.0767. The number of carbonyl (C=O) groups is 1. The average molecular weight is 274 g/mol. The molecule has 3 heterocycles. The number of aromatic carboxylic acids is 1. The van der Waals surface area contributed by atoms with Crippen LogP contribution in [0.5, 0.6) is 0 Å². The zero-order valence-corrected chi connectivity index (χ0v) is 11.5. The Morgan fingerprint density at radius 1 is 1.40 bits per heavy atom. The van der Waals surface area contributed by atoms with Crippen LogP contribution in [0.2, 0.25) is 0 Å². The Kier molecular flexibility index (Phi) is 3.40. The lowest BCUT2D eigenvalue weighted by molar-refractivity contribution is 0.0696. The van der Waals surface area contributed by atoms with Gasteiger partial charge in [-0.1, -0.05) is 13.3 Å². The summed E-state index contributed by atoms with van der Waals surface area (Å²) in [5, 5.41) is 17.6. The smallest absolute Gasteiger partial charge is 0.337 e. The van der Waals surface area contributed by atoms with Crippen molar-refractivity contribution in [1.29, 1.82) is 0 Å². The van der Waals surface area contributed by atoms with Crippen molar-refractivity contribution in [3.63, 3.8) is 0 Å². The van der Waals surface area contributed by atoms with Crippen LogP contribution < -0.4 is 0 Å². The first-order valence-corrected chi connectivity index (χ1v) is 7.02. The lowest BCUT2D eigenvalue weighted by Gasteiger charge is -2.33. The topological polar surface area (TPSA) is 70.7 Å². The molecule has 1 aliphatic rings. The molecular weight excluding hydrogens is 256 g/mol. The number of rotatable bonds is 3. The van der Waals surface area contributed by atoms with Gasteiger partial charge in [-0.3, -0.25) is 9.30 Å². The molecule has 0 bridgehead atoms. The standard InChI is InChI=1S/C14H18N4O2/c1-2-17-8-4-3-5-11(17)13-16-15-12-7-6-10(14(19)20)9-18(12)13/h6-7,9,11H,2-5,8H2,1H3,(H,19,20). The number of aromatic nitrogens is 3. The molecule has 0 radical (unpaired) electrons. The summed E-state index contributed by atoms with van der Waals surface area (Å²) in [4.78, 5) is 13.5. The summed E-state index contributed by atoms with van der Waals surface area (Å²) in [7, 11) is 0. The highest BCUT2D eigenvalue weighted by Gasteiger charge is 2.26. The summed E-state index contributed by atoms with van der Waals surface area (Å²) >= 11 is 0. The van der Waals surface area contributed by atoms with Crippen LogP contribution in [0, 0.1) is 0 Å². The van der Waals surface area contributed by atoms with Gasteiger partial charge < -0.3 is 5.11 Å². The zero-order valence-electron chi connectivity index (χ0n) is 11.5. The third kappa shape index (κ3) is 2.16. The maximum absolute atomic E-state index is 11.1. The van der Waals surface area contributed by atoms with Crippen molar-refractivity contribution < 1.29 is 9.90 Å². The van der Waals surface area contributed by atoms with Crippen LogP contribution in [0.4, 0.5) is 0 Å². The highest BCUT2D eigenvalue weighted by atomic mass is 16.4. The van der Waals surface area contributed by atoms with E-state index >= 15 is 0 Å². The lowest BCUT2D eigenvalue weighted by atomic mass is 10.0. The second-order valence-corrected chi connectivity index (χ2v) is 5.15. The zero-order chi connectivity index (χ0) is 14.1. The Morgan fingerprint density at radius 3 is 3.00 bits per heavy atom. The fourth-order valence-corrected chi connectivity index (χ4v) is 2.92. The number of likely N-dealkylation sites (tertiary alicyclic amines) is 1. The number of carboxylic acid groups (broad SMARTS) is 1. The van der Waals surface area contributed by atoms with E-state index in [0.29, 0.717) is 5.65 Å². The predicted molar refractivity (Wildman–Crippen MR) is 73.8 cm³/mol. The molecule has 1 N–H and O–H groups in total. The molecule has 1 unspecified atom stereocenters. The second-order valence-electron chi connectivity index (χ2n) is 5.15. The summed E-state index contributed by atoms with van der Waals surface area (Å²) < 4.78 is 1.82. The molecule has 0 amide bonds. The third-order valence-electron chi connectivity index (χ3n) is 3.99. The molecule has 0 aromatic carbocycles. The van der Waals surface area contributed by atoms with Gasteiger partial charge in [0.2, 0.25) is 0 Å². The Hall–Kier alpha value is -1.95. The van der Waals surface area contributed by atoms with Crippen molar-refractivity contribution in [3.05, 3.63) is 29.7 Å². The van der Waals surface area contributed by atoms with Crippen molar-refractivity contribution in [2.75, 3.05) is 13.1 Å². The molecule has 20 heavy (non-hydrogen) atoms. The van der Waals surface area contributed by atoms with Gasteiger partial charge in [-0.25, -0.2) is 4.79 Å². The van der Waals surface area contributed by atoms with E-state index in [1.54, 1.807) is 18.3 Å². The van der Waals surface area contributed by atoms with Gasteiger partial charge in [0.25, 0.3) is 0 Å². The van der Waals surface area contributed by atoms with Crippen molar-refractivity contribution in [2.24, 2.45) is 0 Å². The molecule has 106 valence electrons. The van der Waals surface area contributed by atoms with Gasteiger partial charge in [0.15, 0.2) is 11.5 Å². The molecule has 1 saturated heterocycles. The van der Waals surface area contributed by atoms with Crippen LogP contribution in [0.15, 0.2) is 18.3 Å². The normalized spacial score (nSPS) is 20.4. The Morgan fingerprint density at radius 2 is 2.25 bits per heavy atom. The Balaban J connectivity index is 2.06. The molecule has 2 aromatic heterocycles. The predicted octanol–water partition coefficient (Wildman–Crippen LogP) is 1.97. The quantitative estimate of drug-likeness (QED) is 0.926. The molecule has 2 aromatic rings. The molecule has 1 fully saturated rings. The highest BCUT2D eigenvalue weighted by Crippen LogP contribution is 2.29. The van der Waals surface area contributed by atoms with E-state index in [9.17, 15) is 4.79 Å². The summed E-state index contributed by atoms with van der Waals surface area (Å²) in [5.41, 5.74) is 0.962. The molecule has 0 aliphatic carbocycles. The summed E-state index contributed by atoms with van der Waals surface area (Å²) in [6, 6.07) is 3.50. The van der Waals surface area contributed by atoms with Crippen LogP contribution in [-0.4, -0.2) is 43.7 Å². The van der Waals surface area contributed by atoms with Crippen LogP contribution >= 0.6 is 0 Å². The SMILES string of the molecule is CCN1CCCCC1c1nnc2ccc(C(=O)O)cn12. The fourth-order valence-electron chi connectivity index (χ4n) is 2.92. The minimum Gasteiger partial charge on any atom is -0.478 e. The summed E-state index contributed by atoms with van der Waals surface area (Å²) in [6.07, 6.45) is 5.05. The molecular formula is C14H18N4O2. The van der Waals surface area contributed by atoms with Gasteiger partial charge in [-0.05, 0) is 38.1 Å². The Bertz CT molecular complexity index is 637. The highest BCUT2D eigenvalue weighted by molar-refractivity contribution is 5.87. The van der Waals surface area contributed by atoms with Gasteiger partial charge in [0.1, 0.15) is 0 Å². The first kappa shape index (κ1) is 13.1. The van der Waals surface area contributed by atoms with Crippen molar-refractivity contribution in [2.45, 2.75) is 32.2 Å². The fraction of sp³-hybridized carbons (Fsp3) is 0.500. The van der Waals surface area contributed by atoms with E-state index in [0.717, 1.165) is 25.3 Å². The number of piperidine rings is 1. The average Bonchev–Trinajstić information content (AvgIpc) is 2.89. The number of hydrogen-bond acceptors (Lipinski definition) is 4. The number of fused-ring (bicyclic) bond motifs is 1. The first-order valence-electron chi connectivity index (χ1n) is 7.02. The van der Waals surface area contributed by atoms with Gasteiger partial charge in [0.05, 0.1) is 11.6 Å². The van der Waals surface area contributed by atoms with Gasteiger partial charge in [-0.2, -0.15) is 0 Å². The monoisotopic (exact) mass is 274 g/mol. The van der Waals surface area contributed by atoms with Gasteiger partial charge in [0, 0.05) is 6.20 Å². The van der Waals surface area contributed by atoms with Crippen LogP contribution in [0.1, 0.15) is 48.4 Å². The third-order valence-corrected chi connectivity index (χ3v) is 3.99. The number of carboxylic acids is 1. The maximum Gasteiger partial charge on any atom is 0.337 e. The molecule has 0 spiro atoms. The minimum atomic E-state index is -0.928. The van der Waals surface area contributed by atoms with Crippen LogP contribution in [0.3, 0.4) is 0 Å². The lowest BCUT2D eigenvalue weighted by Crippen LogP contribution is -2.34. The van der Waals surface area contributed by atoms with E-state index in [4.69, 9.17) is 5.11 Å². The second kappa shape index (κ2) is 5.20. The van der Waals surface area contributed by atoms with Gasteiger partial charge in [-0.15, -0.1) is 10.2 Å². The maximum atomic E-state index is 11.1. The molecule has 1 aliphatic heterocycles. The van der Waals surface area contributed by atoms with Crippen LogP contribution in [-0.2, 0) is 0 Å². The molecule has 1 atom stereocenters. The molecule has 3 rings (SSSR count). The molecule has 6 heteroatoms. The molecule has 0 saturated carbocycles. The molecule has 6 nitrogen and oxygen atoms in total. The van der Waals surface area contributed by atoms with E-state index < -0.39 is 5.97 Å². The van der Waals surface area contributed by atoms with Gasteiger partial charge >= 0.3 is 5.97 Å². The van der Waals surface area contributed by atoms with E-state index in [1.165, 1.54) is 12.8 Å². The number of hydrogen-bond donors (Lipinski definition) is 1. The minimum absolute atomic E-state index is 0.229. The largest absolute Gasteiger partial charge is 0.478 e. The summed E-state index contributed by atoms with van der Waals surface area (Å²) in [6.45, 7) is 4.18. The van der Waals surface area contributed by atoms with Crippen LogP contribution in [0.25, 0.3) is 5.65 Å². The first-order chi connectivity index (χ1) is 9.70.